The molecular formula is C22H31N3O3. The maximum absolute atomic E-state index is 12.8. The number of carbonyl (C=O) groups is 1. The summed E-state index contributed by atoms with van der Waals surface area (Å²) in [5, 5.41) is 0.997. The fraction of sp³-hybridized carbons (Fsp3) is 0.545. The maximum Gasteiger partial charge on any atom is 0.251 e. The van der Waals surface area contributed by atoms with E-state index in [0.717, 1.165) is 43.6 Å². The van der Waals surface area contributed by atoms with Gasteiger partial charge in [-0.25, -0.2) is 0 Å². The van der Waals surface area contributed by atoms with E-state index in [1.165, 1.54) is 0 Å². The molecule has 0 bridgehead atoms. The second-order valence-corrected chi connectivity index (χ2v) is 7.79. The summed E-state index contributed by atoms with van der Waals surface area (Å²) in [6.45, 7) is 7.59. The quantitative estimate of drug-likeness (QED) is 0.744. The fourth-order valence-electron chi connectivity index (χ4n) is 4.17. The van der Waals surface area contributed by atoms with Crippen molar-refractivity contribution >= 4 is 16.8 Å². The first-order valence-corrected chi connectivity index (χ1v) is 10.1. The summed E-state index contributed by atoms with van der Waals surface area (Å²) in [7, 11) is 1.73. The zero-order valence-electron chi connectivity index (χ0n) is 17.1. The van der Waals surface area contributed by atoms with Crippen LogP contribution in [0.15, 0.2) is 35.1 Å². The van der Waals surface area contributed by atoms with Crippen molar-refractivity contribution in [2.45, 2.75) is 45.2 Å². The zero-order chi connectivity index (χ0) is 20.1. The van der Waals surface area contributed by atoms with Crippen LogP contribution in [0.3, 0.4) is 0 Å². The minimum Gasteiger partial charge on any atom is -0.385 e. The van der Waals surface area contributed by atoms with Crippen LogP contribution in [0.5, 0.6) is 0 Å². The molecule has 2 unspecified atom stereocenters. The zero-order valence-corrected chi connectivity index (χ0v) is 17.1. The highest BCUT2D eigenvalue weighted by molar-refractivity contribution is 5.79. The van der Waals surface area contributed by atoms with Crippen LogP contribution in [0.25, 0.3) is 10.9 Å². The molecule has 2 aromatic rings. The van der Waals surface area contributed by atoms with Crippen LogP contribution in [-0.4, -0.2) is 66.1 Å². The summed E-state index contributed by atoms with van der Waals surface area (Å²) in [4.78, 5) is 32.4. The van der Waals surface area contributed by atoms with Gasteiger partial charge in [0.15, 0.2) is 0 Å². The highest BCUT2D eigenvalue weighted by Crippen LogP contribution is 2.18. The number of nitrogens with one attached hydrogen (secondary N) is 1. The van der Waals surface area contributed by atoms with Gasteiger partial charge in [0.1, 0.15) is 0 Å². The van der Waals surface area contributed by atoms with Crippen molar-refractivity contribution in [1.82, 2.24) is 14.8 Å². The molecule has 0 radical (unpaired) electrons. The first-order valence-electron chi connectivity index (χ1n) is 10.1. The molecule has 1 aliphatic rings. The number of para-hydroxylation sites is 1. The number of rotatable bonds is 7. The second-order valence-electron chi connectivity index (χ2n) is 7.79. The summed E-state index contributed by atoms with van der Waals surface area (Å²) in [6.07, 6.45) is 1.84. The van der Waals surface area contributed by atoms with Crippen LogP contribution in [0, 0.1) is 0 Å². The molecule has 6 nitrogen and oxygen atoms in total. The van der Waals surface area contributed by atoms with Gasteiger partial charge in [0, 0.05) is 62.9 Å². The van der Waals surface area contributed by atoms with E-state index in [-0.39, 0.29) is 11.5 Å². The lowest BCUT2D eigenvalue weighted by atomic mass is 10.0. The molecule has 0 saturated carbocycles. The third-order valence-electron chi connectivity index (χ3n) is 5.66. The van der Waals surface area contributed by atoms with Crippen LogP contribution < -0.4 is 5.56 Å². The highest BCUT2D eigenvalue weighted by atomic mass is 16.5. The minimum atomic E-state index is -0.101. The number of H-pyrrole nitrogens is 1. The third-order valence-corrected chi connectivity index (χ3v) is 5.66. The van der Waals surface area contributed by atoms with Gasteiger partial charge >= 0.3 is 0 Å². The van der Waals surface area contributed by atoms with Crippen molar-refractivity contribution in [3.8, 4) is 0 Å². The maximum atomic E-state index is 12.8. The van der Waals surface area contributed by atoms with Gasteiger partial charge in [-0.05, 0) is 44.2 Å². The molecule has 1 N–H and O–H groups in total. The molecular weight excluding hydrogens is 354 g/mol. The van der Waals surface area contributed by atoms with Crippen molar-refractivity contribution in [3.05, 3.63) is 46.2 Å². The topological polar surface area (TPSA) is 65.6 Å². The van der Waals surface area contributed by atoms with Crippen molar-refractivity contribution in [2.75, 3.05) is 33.4 Å². The summed E-state index contributed by atoms with van der Waals surface area (Å²) < 4.78 is 5.15. The van der Waals surface area contributed by atoms with Gasteiger partial charge in [-0.2, -0.15) is 0 Å². The van der Waals surface area contributed by atoms with E-state index in [9.17, 15) is 9.59 Å². The van der Waals surface area contributed by atoms with E-state index in [1.54, 1.807) is 7.11 Å². The largest absolute Gasteiger partial charge is 0.385 e. The SMILES string of the molecule is COCCCN1C(C)CN(C(=O)CCc2cc3ccccc3[nH]c2=O)CC1C. The lowest BCUT2D eigenvalue weighted by molar-refractivity contribution is -0.135. The van der Waals surface area contributed by atoms with E-state index in [0.29, 0.717) is 30.5 Å². The number of ether oxygens (including phenoxy) is 1. The monoisotopic (exact) mass is 385 g/mol. The first-order chi connectivity index (χ1) is 13.5. The lowest BCUT2D eigenvalue weighted by Gasteiger charge is -2.44. The third kappa shape index (κ3) is 4.80. The van der Waals surface area contributed by atoms with Gasteiger partial charge < -0.3 is 14.6 Å². The Morgan fingerprint density at radius 2 is 1.93 bits per heavy atom. The van der Waals surface area contributed by atoms with Crippen LogP contribution in [-0.2, 0) is 16.0 Å². The van der Waals surface area contributed by atoms with E-state index >= 15 is 0 Å². The molecule has 28 heavy (non-hydrogen) atoms. The van der Waals surface area contributed by atoms with Gasteiger partial charge in [-0.15, -0.1) is 0 Å². The van der Waals surface area contributed by atoms with E-state index in [4.69, 9.17) is 4.74 Å². The van der Waals surface area contributed by atoms with Gasteiger partial charge in [0.05, 0.1) is 0 Å². The number of piperazine rings is 1. The average molecular weight is 386 g/mol. The number of pyridine rings is 1. The number of hydrogen-bond donors (Lipinski definition) is 1. The molecule has 1 aromatic heterocycles. The highest BCUT2D eigenvalue weighted by Gasteiger charge is 2.31. The molecule has 2 heterocycles. The number of aromatic nitrogens is 1. The van der Waals surface area contributed by atoms with Crippen molar-refractivity contribution < 1.29 is 9.53 Å². The Morgan fingerprint density at radius 3 is 2.64 bits per heavy atom. The second kappa shape index (κ2) is 9.34. The molecule has 1 saturated heterocycles. The molecule has 1 aromatic carbocycles. The van der Waals surface area contributed by atoms with Gasteiger partial charge in [0.25, 0.3) is 5.56 Å². The molecule has 152 valence electrons. The fourth-order valence-corrected chi connectivity index (χ4v) is 4.17. The Morgan fingerprint density at radius 1 is 1.21 bits per heavy atom. The Balaban J connectivity index is 1.58. The Labute approximate surface area is 166 Å². The van der Waals surface area contributed by atoms with Crippen molar-refractivity contribution in [1.29, 1.82) is 0 Å². The van der Waals surface area contributed by atoms with Crippen molar-refractivity contribution in [3.63, 3.8) is 0 Å². The normalized spacial score (nSPS) is 20.6. The Bertz CT molecular complexity index is 851. The summed E-state index contributed by atoms with van der Waals surface area (Å²) >= 11 is 0. The van der Waals surface area contributed by atoms with Gasteiger partial charge in [-0.1, -0.05) is 18.2 Å². The lowest BCUT2D eigenvalue weighted by Crippen LogP contribution is -2.58. The predicted octanol–water partition coefficient (Wildman–Crippen LogP) is 2.42. The predicted molar refractivity (Wildman–Crippen MR) is 112 cm³/mol. The summed E-state index contributed by atoms with van der Waals surface area (Å²) in [5.41, 5.74) is 1.40. The number of amides is 1. The van der Waals surface area contributed by atoms with Crippen LogP contribution >= 0.6 is 0 Å². The van der Waals surface area contributed by atoms with E-state index < -0.39 is 0 Å². The number of nitrogens with zero attached hydrogens (tertiary/aromatic N) is 2. The molecule has 1 amide bonds. The Hall–Kier alpha value is -2.18. The van der Waals surface area contributed by atoms with Gasteiger partial charge in [0.2, 0.25) is 5.91 Å². The Kier molecular flexibility index (Phi) is 6.86. The molecule has 0 spiro atoms. The molecule has 1 aliphatic heterocycles. The van der Waals surface area contributed by atoms with Crippen molar-refractivity contribution in [2.24, 2.45) is 0 Å². The molecule has 0 aliphatic carbocycles. The molecule has 1 fully saturated rings. The average Bonchev–Trinajstić information content (AvgIpc) is 2.68. The molecule has 3 rings (SSSR count). The molecule has 2 atom stereocenters. The molecule has 6 heteroatoms. The summed E-state index contributed by atoms with van der Waals surface area (Å²) in [5.74, 6) is 0.128. The number of fused-ring (bicyclic) bond motifs is 1. The standard InChI is InChI=1S/C22H31N3O3/c1-16-14-24(15-17(2)25(16)11-6-12-28-3)21(26)10-9-19-13-18-7-4-5-8-20(18)23-22(19)27/h4-5,7-8,13,16-17H,6,9-12,14-15H2,1-3H3,(H,23,27). The minimum absolute atomic E-state index is 0.101. The van der Waals surface area contributed by atoms with Gasteiger partial charge in [-0.3, -0.25) is 14.5 Å². The first kappa shape index (κ1) is 20.6. The number of aryl methyl sites for hydroxylation is 1. The number of carbonyl (C=O) groups excluding carboxylic acids is 1. The number of hydrogen-bond acceptors (Lipinski definition) is 4. The van der Waals surface area contributed by atoms with E-state index in [2.05, 4.69) is 23.7 Å². The van der Waals surface area contributed by atoms with E-state index in [1.807, 2.05) is 35.2 Å². The summed E-state index contributed by atoms with van der Waals surface area (Å²) in [6, 6.07) is 10.3. The number of methoxy groups -OCH3 is 1. The van der Waals surface area contributed by atoms with Crippen LogP contribution in [0.4, 0.5) is 0 Å². The van der Waals surface area contributed by atoms with Crippen LogP contribution in [0.2, 0.25) is 0 Å². The smallest absolute Gasteiger partial charge is 0.251 e. The number of aromatic amines is 1. The van der Waals surface area contributed by atoms with Crippen LogP contribution in [0.1, 0.15) is 32.3 Å². The number of benzene rings is 1.